The molecule has 3 rings (SSSR count). The number of benzene rings is 2. The van der Waals surface area contributed by atoms with E-state index in [1.54, 1.807) is 32.2 Å². The number of nitrogens with one attached hydrogen (secondary N) is 2. The van der Waals surface area contributed by atoms with E-state index in [1.165, 1.54) is 18.2 Å². The fraction of sp³-hybridized carbons (Fsp3) is 0.541. The predicted molar refractivity (Wildman–Crippen MR) is 215 cm³/mol. The lowest BCUT2D eigenvalue weighted by Gasteiger charge is -2.23. The lowest BCUT2D eigenvalue weighted by atomic mass is 9.54. The van der Waals surface area contributed by atoms with Crippen LogP contribution in [0, 0.1) is 11.8 Å². The van der Waals surface area contributed by atoms with Crippen LogP contribution in [0.5, 0.6) is 0 Å². The minimum absolute atomic E-state index is 0.00516. The van der Waals surface area contributed by atoms with Crippen molar-refractivity contribution in [2.45, 2.75) is 90.8 Å². The second-order valence-corrected chi connectivity index (χ2v) is 15.9. The summed E-state index contributed by atoms with van der Waals surface area (Å²) in [7, 11) is 0.722. The van der Waals surface area contributed by atoms with E-state index >= 15 is 0 Å². The van der Waals surface area contributed by atoms with Crippen molar-refractivity contribution < 1.29 is 43.0 Å². The van der Waals surface area contributed by atoms with Crippen molar-refractivity contribution >= 4 is 89.8 Å². The van der Waals surface area contributed by atoms with Gasteiger partial charge in [0, 0.05) is 35.8 Å². The van der Waals surface area contributed by atoms with Crippen molar-refractivity contribution in [3.8, 4) is 0 Å². The highest BCUT2D eigenvalue weighted by Gasteiger charge is 2.54. The molecule has 2 aromatic carbocycles. The Morgan fingerprint density at radius 2 is 1.33 bits per heavy atom. The van der Waals surface area contributed by atoms with Crippen LogP contribution in [-0.2, 0) is 28.3 Å². The van der Waals surface area contributed by atoms with Crippen LogP contribution in [0.25, 0.3) is 0 Å². The Morgan fingerprint density at radius 1 is 0.852 bits per heavy atom. The van der Waals surface area contributed by atoms with Crippen LogP contribution in [0.2, 0.25) is 38.5 Å². The second kappa shape index (κ2) is 22.8. The zero-order valence-electron chi connectivity index (χ0n) is 31.8. The van der Waals surface area contributed by atoms with E-state index in [-0.39, 0.29) is 72.3 Å². The molecule has 1 heterocycles. The molecule has 11 nitrogen and oxygen atoms in total. The van der Waals surface area contributed by atoms with Gasteiger partial charge in [-0.1, -0.05) is 94.3 Å². The van der Waals surface area contributed by atoms with Crippen molar-refractivity contribution in [3.05, 3.63) is 67.6 Å². The maximum absolute atomic E-state index is 12.5. The Labute approximate surface area is 339 Å². The number of ketones is 2. The third-order valence-electron chi connectivity index (χ3n) is 8.95. The molecule has 3 atom stereocenters. The SMILES string of the molecule is CCC1(CO)OB([C@@H](CC(=O)CNC(=O)c2cc(Cl)ccc2Cl)CC(C)C)OC1=O.COB(C)[C@@H](CC(=O)CNC(=O)c1cc(Cl)ccc1Cl)CC(C)C. The minimum Gasteiger partial charge on any atom is -0.507 e. The number of halogens is 4. The predicted octanol–water partition coefficient (Wildman–Crippen LogP) is 7.67. The molecule has 0 aromatic heterocycles. The molecule has 54 heavy (non-hydrogen) atoms. The summed E-state index contributed by atoms with van der Waals surface area (Å²) < 4.78 is 16.5. The van der Waals surface area contributed by atoms with Gasteiger partial charge in [-0.25, -0.2) is 0 Å². The number of hydrogen-bond acceptors (Lipinski definition) is 9. The van der Waals surface area contributed by atoms with E-state index in [0.29, 0.717) is 33.8 Å². The number of aliphatic hydroxyl groups is 1. The summed E-state index contributed by atoms with van der Waals surface area (Å²) in [6.45, 7) is 11.1. The number of aliphatic hydroxyl groups excluding tert-OH is 1. The Kier molecular flexibility index (Phi) is 20.1. The Hall–Kier alpha value is -2.64. The number of amides is 2. The molecule has 1 aliphatic heterocycles. The van der Waals surface area contributed by atoms with E-state index in [1.807, 2.05) is 20.7 Å². The highest BCUT2D eigenvalue weighted by Crippen LogP contribution is 2.36. The molecular weight excluding hydrogens is 780 g/mol. The van der Waals surface area contributed by atoms with E-state index < -0.39 is 42.9 Å². The molecule has 0 bridgehead atoms. The molecule has 1 unspecified atom stereocenters. The van der Waals surface area contributed by atoms with Gasteiger partial charge < -0.3 is 29.7 Å². The Morgan fingerprint density at radius 3 is 1.74 bits per heavy atom. The summed E-state index contributed by atoms with van der Waals surface area (Å²) in [5.74, 6) is -1.39. The van der Waals surface area contributed by atoms with E-state index in [0.717, 1.165) is 6.42 Å². The second-order valence-electron chi connectivity index (χ2n) is 14.2. The number of carbonyl (C=O) groups excluding carboxylic acids is 5. The summed E-state index contributed by atoms with van der Waals surface area (Å²) in [5.41, 5.74) is -0.944. The van der Waals surface area contributed by atoms with Crippen LogP contribution in [0.3, 0.4) is 0 Å². The zero-order chi connectivity index (χ0) is 40.7. The number of rotatable bonds is 19. The number of Topliss-reactive ketones (excluding diaryl/α,β-unsaturated/α-hetero) is 2. The van der Waals surface area contributed by atoms with Gasteiger partial charge >= 0.3 is 13.1 Å². The molecular formula is C37H50B2Cl4N2O9. The normalized spacial score (nSPS) is 16.3. The molecule has 1 aliphatic rings. The minimum atomic E-state index is -1.39. The average Bonchev–Trinajstić information content (AvgIpc) is 3.46. The Balaban J connectivity index is 0.000000383. The van der Waals surface area contributed by atoms with Crippen LogP contribution in [0.15, 0.2) is 36.4 Å². The topological polar surface area (TPSA) is 157 Å². The number of carbonyl (C=O) groups is 5. The first kappa shape index (κ1) is 47.5. The van der Waals surface area contributed by atoms with Gasteiger partial charge in [-0.05, 0) is 66.9 Å². The molecule has 296 valence electrons. The summed E-state index contributed by atoms with van der Waals surface area (Å²) >= 11 is 23.8. The zero-order valence-corrected chi connectivity index (χ0v) is 34.8. The first-order chi connectivity index (χ1) is 25.4. The van der Waals surface area contributed by atoms with E-state index in [2.05, 4.69) is 24.5 Å². The molecule has 1 fully saturated rings. The lowest BCUT2D eigenvalue weighted by Crippen LogP contribution is -2.40. The molecule has 17 heteroatoms. The van der Waals surface area contributed by atoms with Gasteiger partial charge in [-0.15, -0.1) is 0 Å². The quantitative estimate of drug-likeness (QED) is 0.121. The molecule has 3 N–H and O–H groups in total. The first-order valence-corrected chi connectivity index (χ1v) is 19.4. The van der Waals surface area contributed by atoms with E-state index in [9.17, 15) is 29.1 Å². The van der Waals surface area contributed by atoms with E-state index in [4.69, 9.17) is 60.4 Å². The monoisotopic (exact) mass is 828 g/mol. The molecule has 1 saturated heterocycles. The van der Waals surface area contributed by atoms with Crippen molar-refractivity contribution in [1.82, 2.24) is 10.6 Å². The van der Waals surface area contributed by atoms with Gasteiger partial charge in [0.1, 0.15) is 0 Å². The van der Waals surface area contributed by atoms with Crippen molar-refractivity contribution in [2.75, 3.05) is 26.8 Å². The number of hydrogen-bond donors (Lipinski definition) is 3. The summed E-state index contributed by atoms with van der Waals surface area (Å²) in [6.07, 6.45) is 2.15. The van der Waals surface area contributed by atoms with Crippen LogP contribution < -0.4 is 10.6 Å². The molecule has 0 radical (unpaired) electrons. The maximum atomic E-state index is 12.5. The maximum Gasteiger partial charge on any atom is 0.531 e. The highest BCUT2D eigenvalue weighted by molar-refractivity contribution is 6.52. The van der Waals surface area contributed by atoms with Crippen LogP contribution in [-0.4, -0.2) is 80.9 Å². The van der Waals surface area contributed by atoms with Gasteiger partial charge in [0.25, 0.3) is 18.7 Å². The molecule has 2 aromatic rings. The van der Waals surface area contributed by atoms with Crippen molar-refractivity contribution in [2.24, 2.45) is 11.8 Å². The molecule has 0 saturated carbocycles. The van der Waals surface area contributed by atoms with Gasteiger partial charge in [0.2, 0.25) is 0 Å². The van der Waals surface area contributed by atoms with Crippen LogP contribution in [0.4, 0.5) is 0 Å². The lowest BCUT2D eigenvalue weighted by molar-refractivity contribution is -0.146. The fourth-order valence-electron chi connectivity index (χ4n) is 5.90. The first-order valence-electron chi connectivity index (χ1n) is 17.9. The summed E-state index contributed by atoms with van der Waals surface area (Å²) in [4.78, 5) is 61.4. The molecule has 2 amide bonds. The van der Waals surface area contributed by atoms with Gasteiger partial charge in [0.15, 0.2) is 17.2 Å². The van der Waals surface area contributed by atoms with Crippen LogP contribution in [0.1, 0.15) is 87.4 Å². The van der Waals surface area contributed by atoms with Crippen LogP contribution >= 0.6 is 46.4 Å². The third-order valence-corrected chi connectivity index (χ3v) is 10.1. The van der Waals surface area contributed by atoms with Crippen molar-refractivity contribution in [3.63, 3.8) is 0 Å². The third kappa shape index (κ3) is 14.8. The standard InChI is InChI=1S/C20H26BCl2NO6.C17H24BCl2NO3/c1-4-20(11-25)19(28)29-21(30-20)13(7-12(2)3)8-15(26)10-24-18(27)16-9-14(22)5-6-17(16)23;1-11(2)7-12(18(3)24-4)8-14(22)10-21-17(23)15-9-13(19)5-6-16(15)20/h5-6,9,12-13,25H,4,7-8,10-11H2,1-3H3,(H,24,27);5-6,9,11-12H,7-8,10H2,1-4H3,(H,21,23)/t13-,20?;12-/m11/s1. The van der Waals surface area contributed by atoms with Gasteiger partial charge in [-0.2, -0.15) is 0 Å². The largest absolute Gasteiger partial charge is 0.531 e. The Bertz CT molecular complexity index is 1610. The molecule has 0 aliphatic carbocycles. The highest BCUT2D eigenvalue weighted by atomic mass is 35.5. The van der Waals surface area contributed by atoms with Gasteiger partial charge in [0.05, 0.1) is 40.9 Å². The summed E-state index contributed by atoms with van der Waals surface area (Å²) in [6, 6.07) is 9.14. The average molecular weight is 830 g/mol. The van der Waals surface area contributed by atoms with Gasteiger partial charge in [-0.3, -0.25) is 24.0 Å². The summed E-state index contributed by atoms with van der Waals surface area (Å²) in [5, 5.41) is 16.0. The smallest absolute Gasteiger partial charge is 0.507 e. The van der Waals surface area contributed by atoms with Crippen molar-refractivity contribution in [1.29, 1.82) is 0 Å². The fourth-order valence-corrected chi connectivity index (χ4v) is 6.65. The molecule has 0 spiro atoms.